The van der Waals surface area contributed by atoms with E-state index in [0.29, 0.717) is 18.6 Å². The highest BCUT2D eigenvalue weighted by molar-refractivity contribution is 7.86. The zero-order chi connectivity index (χ0) is 15.0. The van der Waals surface area contributed by atoms with Crippen LogP contribution in [0.25, 0.3) is 0 Å². The summed E-state index contributed by atoms with van der Waals surface area (Å²) < 4.78 is 12.1. The highest BCUT2D eigenvalue weighted by Crippen LogP contribution is 2.11. The Morgan fingerprint density at radius 1 is 1.30 bits per heavy atom. The standard InChI is InChI=1S/C15H23NO3S/c1-16(2)11-6-12-20(19)14(15(17)18)10-9-13-7-4-3-5-8-13/h3-5,7-8,14H,6,9-12H2,1-2H3,(H,17,18). The molecule has 0 fully saturated rings. The third kappa shape index (κ3) is 6.30. The van der Waals surface area contributed by atoms with Crippen molar-refractivity contribution < 1.29 is 14.1 Å². The van der Waals surface area contributed by atoms with E-state index in [1.54, 1.807) is 0 Å². The van der Waals surface area contributed by atoms with Crippen molar-refractivity contribution in [1.29, 1.82) is 0 Å². The number of carboxylic acid groups (broad SMARTS) is 1. The first-order valence-electron chi connectivity index (χ1n) is 6.79. The van der Waals surface area contributed by atoms with Gasteiger partial charge in [-0.3, -0.25) is 9.00 Å². The van der Waals surface area contributed by atoms with Crippen LogP contribution in [0.2, 0.25) is 0 Å². The lowest BCUT2D eigenvalue weighted by Gasteiger charge is -2.13. The van der Waals surface area contributed by atoms with E-state index >= 15 is 0 Å². The molecule has 0 aromatic heterocycles. The Bertz CT molecular complexity index is 434. The Balaban J connectivity index is 2.47. The van der Waals surface area contributed by atoms with Gasteiger partial charge < -0.3 is 10.0 Å². The third-order valence-corrected chi connectivity index (χ3v) is 4.84. The first-order valence-corrected chi connectivity index (χ1v) is 8.17. The minimum atomic E-state index is -1.30. The summed E-state index contributed by atoms with van der Waals surface area (Å²) in [6, 6.07) is 9.72. The quantitative estimate of drug-likeness (QED) is 0.755. The van der Waals surface area contributed by atoms with Crippen molar-refractivity contribution in [3.8, 4) is 0 Å². The topological polar surface area (TPSA) is 57.6 Å². The summed E-state index contributed by atoms with van der Waals surface area (Å²) in [4.78, 5) is 13.3. The van der Waals surface area contributed by atoms with Gasteiger partial charge in [-0.25, -0.2) is 0 Å². The maximum atomic E-state index is 12.1. The van der Waals surface area contributed by atoms with Gasteiger partial charge in [-0.15, -0.1) is 0 Å². The van der Waals surface area contributed by atoms with Crippen LogP contribution in [0.15, 0.2) is 30.3 Å². The lowest BCUT2D eigenvalue weighted by Crippen LogP contribution is -2.29. The number of hydrogen-bond acceptors (Lipinski definition) is 3. The number of benzene rings is 1. The molecule has 1 aromatic rings. The van der Waals surface area contributed by atoms with E-state index in [4.69, 9.17) is 0 Å². The van der Waals surface area contributed by atoms with E-state index in [2.05, 4.69) is 0 Å². The summed E-state index contributed by atoms with van der Waals surface area (Å²) in [6.45, 7) is 0.830. The van der Waals surface area contributed by atoms with Gasteiger partial charge in [0.25, 0.3) is 0 Å². The number of carboxylic acids is 1. The number of aryl methyl sites for hydroxylation is 1. The van der Waals surface area contributed by atoms with E-state index in [1.807, 2.05) is 49.3 Å². The molecule has 0 bridgehead atoms. The maximum absolute atomic E-state index is 12.1. The Kier molecular flexibility index (Phi) is 7.47. The highest BCUT2D eigenvalue weighted by Gasteiger charge is 2.23. The molecule has 5 heteroatoms. The largest absolute Gasteiger partial charge is 0.480 e. The molecular weight excluding hydrogens is 274 g/mol. The first-order chi connectivity index (χ1) is 9.50. The summed E-state index contributed by atoms with van der Waals surface area (Å²) in [7, 11) is 2.60. The van der Waals surface area contributed by atoms with E-state index < -0.39 is 22.0 Å². The minimum Gasteiger partial charge on any atom is -0.480 e. The lowest BCUT2D eigenvalue weighted by atomic mass is 10.1. The van der Waals surface area contributed by atoms with E-state index in [1.165, 1.54) is 0 Å². The second kappa shape index (κ2) is 8.87. The number of hydrogen-bond donors (Lipinski definition) is 1. The Hall–Kier alpha value is -1.20. The predicted molar refractivity (Wildman–Crippen MR) is 82.4 cm³/mol. The van der Waals surface area contributed by atoms with Crippen LogP contribution in [0.4, 0.5) is 0 Å². The summed E-state index contributed by atoms with van der Waals surface area (Å²) in [5, 5.41) is 8.46. The van der Waals surface area contributed by atoms with Crippen LogP contribution in [0.1, 0.15) is 18.4 Å². The fraction of sp³-hybridized carbons (Fsp3) is 0.533. The van der Waals surface area contributed by atoms with Crippen LogP contribution in [0, 0.1) is 0 Å². The van der Waals surface area contributed by atoms with E-state index in [9.17, 15) is 14.1 Å². The van der Waals surface area contributed by atoms with Crippen molar-refractivity contribution in [3.63, 3.8) is 0 Å². The average molecular weight is 297 g/mol. The van der Waals surface area contributed by atoms with Gasteiger partial charge in [0, 0.05) is 16.6 Å². The molecule has 112 valence electrons. The van der Waals surface area contributed by atoms with Gasteiger partial charge in [0.05, 0.1) is 0 Å². The van der Waals surface area contributed by atoms with Crippen LogP contribution in [-0.4, -0.2) is 51.8 Å². The minimum absolute atomic E-state index is 0.425. The molecule has 0 amide bonds. The normalized spacial score (nSPS) is 14.2. The van der Waals surface area contributed by atoms with Gasteiger partial charge >= 0.3 is 5.97 Å². The second-order valence-electron chi connectivity index (χ2n) is 5.09. The molecule has 0 saturated carbocycles. The molecule has 2 atom stereocenters. The SMILES string of the molecule is CN(C)CCCS(=O)C(CCc1ccccc1)C(=O)O. The molecule has 0 saturated heterocycles. The Morgan fingerprint density at radius 3 is 2.50 bits per heavy atom. The van der Waals surface area contributed by atoms with Crippen LogP contribution >= 0.6 is 0 Å². The van der Waals surface area contributed by atoms with Gasteiger partial charge in [-0.1, -0.05) is 30.3 Å². The molecule has 0 aliphatic rings. The van der Waals surface area contributed by atoms with Gasteiger partial charge in [-0.2, -0.15) is 0 Å². The monoisotopic (exact) mass is 297 g/mol. The van der Waals surface area contributed by atoms with Gasteiger partial charge in [0.15, 0.2) is 0 Å². The lowest BCUT2D eigenvalue weighted by molar-refractivity contribution is -0.136. The summed E-state index contributed by atoms with van der Waals surface area (Å²) >= 11 is 0. The fourth-order valence-electron chi connectivity index (χ4n) is 1.98. The van der Waals surface area contributed by atoms with Crippen molar-refractivity contribution in [3.05, 3.63) is 35.9 Å². The number of aliphatic carboxylic acids is 1. The van der Waals surface area contributed by atoms with Crippen molar-refractivity contribution in [2.75, 3.05) is 26.4 Å². The summed E-state index contributed by atoms with van der Waals surface area (Å²) in [5.74, 6) is -0.506. The molecule has 0 radical (unpaired) electrons. The van der Waals surface area contributed by atoms with Gasteiger partial charge in [-0.05, 0) is 45.5 Å². The Morgan fingerprint density at radius 2 is 1.95 bits per heavy atom. The molecular formula is C15H23NO3S. The van der Waals surface area contributed by atoms with Crippen molar-refractivity contribution in [2.45, 2.75) is 24.5 Å². The number of rotatable bonds is 9. The first kappa shape index (κ1) is 16.9. The fourth-order valence-corrected chi connectivity index (χ4v) is 3.28. The zero-order valence-corrected chi connectivity index (χ0v) is 12.9. The Labute approximate surface area is 123 Å². The van der Waals surface area contributed by atoms with Crippen LogP contribution in [0.3, 0.4) is 0 Å². The van der Waals surface area contributed by atoms with Gasteiger partial charge in [0.1, 0.15) is 5.25 Å². The molecule has 20 heavy (non-hydrogen) atoms. The molecule has 0 heterocycles. The zero-order valence-electron chi connectivity index (χ0n) is 12.1. The van der Waals surface area contributed by atoms with Crippen molar-refractivity contribution in [2.24, 2.45) is 0 Å². The molecule has 0 aliphatic heterocycles. The van der Waals surface area contributed by atoms with Gasteiger partial charge in [0.2, 0.25) is 0 Å². The summed E-state index contributed by atoms with van der Waals surface area (Å²) in [6.07, 6.45) is 1.83. The third-order valence-electron chi connectivity index (χ3n) is 3.08. The van der Waals surface area contributed by atoms with Crippen molar-refractivity contribution in [1.82, 2.24) is 4.90 Å². The molecule has 1 rings (SSSR count). The molecule has 0 spiro atoms. The predicted octanol–water partition coefficient (Wildman–Crippen LogP) is 1.77. The second-order valence-corrected chi connectivity index (χ2v) is 6.83. The maximum Gasteiger partial charge on any atom is 0.319 e. The molecule has 0 aliphatic carbocycles. The smallest absolute Gasteiger partial charge is 0.319 e. The summed E-state index contributed by atoms with van der Waals surface area (Å²) in [5.41, 5.74) is 1.09. The molecule has 1 aromatic carbocycles. The number of nitrogens with zero attached hydrogens (tertiary/aromatic N) is 1. The molecule has 4 nitrogen and oxygen atoms in total. The van der Waals surface area contributed by atoms with Crippen LogP contribution < -0.4 is 0 Å². The van der Waals surface area contributed by atoms with E-state index in [-0.39, 0.29) is 0 Å². The van der Waals surface area contributed by atoms with Crippen LogP contribution in [0.5, 0.6) is 0 Å². The molecule has 2 unspecified atom stereocenters. The number of carbonyl (C=O) groups is 1. The van der Waals surface area contributed by atoms with E-state index in [0.717, 1.165) is 18.5 Å². The highest BCUT2D eigenvalue weighted by atomic mass is 32.2. The van der Waals surface area contributed by atoms with Crippen molar-refractivity contribution >= 4 is 16.8 Å². The van der Waals surface area contributed by atoms with Crippen LogP contribution in [-0.2, 0) is 22.0 Å². The average Bonchev–Trinajstić information content (AvgIpc) is 2.39. The molecule has 1 N–H and O–H groups in total.